The van der Waals surface area contributed by atoms with Gasteiger partial charge in [0.25, 0.3) is 5.91 Å². The third kappa shape index (κ3) is 3.41. The molecule has 2 bridgehead atoms. The normalized spacial score (nSPS) is 18.5. The Morgan fingerprint density at radius 1 is 1.19 bits per heavy atom. The van der Waals surface area contributed by atoms with Gasteiger partial charge in [0.05, 0.1) is 29.5 Å². The summed E-state index contributed by atoms with van der Waals surface area (Å²) in [6.45, 7) is 1.35. The van der Waals surface area contributed by atoms with E-state index in [2.05, 4.69) is 20.2 Å². The largest absolute Gasteiger partial charge is 0.491 e. The van der Waals surface area contributed by atoms with Crippen LogP contribution in [0.25, 0.3) is 11.3 Å². The molecule has 0 aliphatic carbocycles. The Kier molecular flexibility index (Phi) is 4.91. The molecule has 0 unspecified atom stereocenters. The van der Waals surface area contributed by atoms with E-state index in [0.717, 1.165) is 24.9 Å². The zero-order valence-corrected chi connectivity index (χ0v) is 18.0. The number of aromatic nitrogens is 4. The standard InChI is InChI=1S/C22H24FN7O2/c1-28-8-9-32-19-6-5-13(23)10-14(19)17-4-3-7-30(17)18-11-16(25-26-21(18)24)15-12-29(2)27-20(15)22(28)31/h5-6,10-12,17H,3-4,7-9H2,1-2H3,(H2,24,26)/t17-/m1/s1. The minimum absolute atomic E-state index is 0.115. The summed E-state index contributed by atoms with van der Waals surface area (Å²) in [7, 11) is 3.45. The Hall–Kier alpha value is -3.69. The molecule has 1 saturated heterocycles. The van der Waals surface area contributed by atoms with Crippen LogP contribution in [0.3, 0.4) is 0 Å². The van der Waals surface area contributed by atoms with Crippen LogP contribution in [-0.2, 0) is 7.05 Å². The zero-order valence-electron chi connectivity index (χ0n) is 18.0. The summed E-state index contributed by atoms with van der Waals surface area (Å²) in [5.41, 5.74) is 9.07. The van der Waals surface area contributed by atoms with Crippen LogP contribution in [0.15, 0.2) is 30.5 Å². The molecule has 166 valence electrons. The lowest BCUT2D eigenvalue weighted by atomic mass is 10.0. The molecule has 2 N–H and O–H groups in total. The van der Waals surface area contributed by atoms with Crippen molar-refractivity contribution in [3.63, 3.8) is 0 Å². The van der Waals surface area contributed by atoms with E-state index in [-0.39, 0.29) is 35.9 Å². The highest BCUT2D eigenvalue weighted by molar-refractivity contribution is 5.98. The molecule has 2 aromatic heterocycles. The fourth-order valence-electron chi connectivity index (χ4n) is 4.45. The highest BCUT2D eigenvalue weighted by atomic mass is 19.1. The number of fused-ring (bicyclic) bond motifs is 8. The number of rotatable bonds is 0. The summed E-state index contributed by atoms with van der Waals surface area (Å²) < 4.78 is 21.8. The summed E-state index contributed by atoms with van der Waals surface area (Å²) in [6.07, 6.45) is 3.49. The molecule has 1 amide bonds. The van der Waals surface area contributed by atoms with Crippen LogP contribution in [0.4, 0.5) is 15.9 Å². The van der Waals surface area contributed by atoms with Gasteiger partial charge in [0, 0.05) is 32.4 Å². The molecule has 0 saturated carbocycles. The van der Waals surface area contributed by atoms with E-state index in [9.17, 15) is 9.18 Å². The van der Waals surface area contributed by atoms with Gasteiger partial charge in [-0.3, -0.25) is 9.48 Å². The number of nitrogens with zero attached hydrogens (tertiary/aromatic N) is 6. The van der Waals surface area contributed by atoms with Crippen LogP contribution in [0.5, 0.6) is 5.75 Å². The first-order valence-corrected chi connectivity index (χ1v) is 10.5. The first-order valence-electron chi connectivity index (χ1n) is 10.5. The molecular weight excluding hydrogens is 413 g/mol. The van der Waals surface area contributed by atoms with E-state index in [0.29, 0.717) is 29.2 Å². The number of nitrogen functional groups attached to an aromatic ring is 1. The Bertz CT molecular complexity index is 1200. The number of benzene rings is 1. The van der Waals surface area contributed by atoms with Crippen LogP contribution in [0, 0.1) is 5.82 Å². The number of halogens is 1. The molecule has 10 heteroatoms. The Morgan fingerprint density at radius 3 is 2.88 bits per heavy atom. The minimum Gasteiger partial charge on any atom is -0.491 e. The number of amides is 1. The highest BCUT2D eigenvalue weighted by Gasteiger charge is 2.32. The topological polar surface area (TPSA) is 102 Å². The van der Waals surface area contributed by atoms with Gasteiger partial charge in [0.1, 0.15) is 18.2 Å². The van der Waals surface area contributed by atoms with Gasteiger partial charge in [0.2, 0.25) is 0 Å². The maximum Gasteiger partial charge on any atom is 0.274 e. The van der Waals surface area contributed by atoms with E-state index in [1.165, 1.54) is 12.1 Å². The molecule has 1 aromatic carbocycles. The molecule has 2 aliphatic rings. The maximum atomic E-state index is 14.2. The number of carbonyl (C=O) groups excluding carboxylic acids is 1. The van der Waals surface area contributed by atoms with E-state index in [1.807, 2.05) is 6.07 Å². The second-order valence-electron chi connectivity index (χ2n) is 8.17. The number of anilines is 2. The third-order valence-corrected chi connectivity index (χ3v) is 6.03. The molecule has 3 aromatic rings. The summed E-state index contributed by atoms with van der Waals surface area (Å²) >= 11 is 0. The van der Waals surface area contributed by atoms with Crippen molar-refractivity contribution in [2.75, 3.05) is 37.4 Å². The predicted molar refractivity (Wildman–Crippen MR) is 117 cm³/mol. The number of carbonyl (C=O) groups is 1. The lowest BCUT2D eigenvalue weighted by Crippen LogP contribution is -2.32. The van der Waals surface area contributed by atoms with Gasteiger partial charge in [-0.2, -0.15) is 5.10 Å². The molecule has 32 heavy (non-hydrogen) atoms. The van der Waals surface area contributed by atoms with E-state index in [1.54, 1.807) is 35.9 Å². The second kappa shape index (κ2) is 7.77. The number of hydrogen-bond donors (Lipinski definition) is 1. The molecule has 1 atom stereocenters. The van der Waals surface area contributed by atoms with Crippen molar-refractivity contribution in [3.05, 3.63) is 47.5 Å². The van der Waals surface area contributed by atoms with Crippen LogP contribution >= 0.6 is 0 Å². The van der Waals surface area contributed by atoms with E-state index >= 15 is 0 Å². The number of likely N-dealkylation sites (N-methyl/N-ethyl adjacent to an activating group) is 1. The van der Waals surface area contributed by atoms with Crippen LogP contribution in [-0.4, -0.2) is 57.5 Å². The fourth-order valence-corrected chi connectivity index (χ4v) is 4.45. The Labute approximate surface area is 184 Å². The Morgan fingerprint density at radius 2 is 2.03 bits per heavy atom. The first kappa shape index (κ1) is 20.2. The van der Waals surface area contributed by atoms with Crippen LogP contribution in [0.1, 0.15) is 34.9 Å². The highest BCUT2D eigenvalue weighted by Crippen LogP contribution is 2.42. The lowest BCUT2D eigenvalue weighted by molar-refractivity contribution is 0.0767. The van der Waals surface area contributed by atoms with Crippen molar-refractivity contribution in [2.45, 2.75) is 18.9 Å². The van der Waals surface area contributed by atoms with Gasteiger partial charge in [-0.25, -0.2) is 4.39 Å². The van der Waals surface area contributed by atoms with Gasteiger partial charge < -0.3 is 20.3 Å². The number of hydrogen-bond acceptors (Lipinski definition) is 7. The zero-order chi connectivity index (χ0) is 22.4. The smallest absolute Gasteiger partial charge is 0.274 e. The second-order valence-corrected chi connectivity index (χ2v) is 8.17. The van der Waals surface area contributed by atoms with Crippen molar-refractivity contribution < 1.29 is 13.9 Å². The van der Waals surface area contributed by atoms with Crippen molar-refractivity contribution in [1.82, 2.24) is 24.9 Å². The SMILES string of the molecule is CN1CCOc2ccc(F)cc2[C@H]2CCCN2c2cc(nnc2N)-c2cn(C)nc2C1=O. The van der Waals surface area contributed by atoms with Gasteiger partial charge in [-0.05, 0) is 37.1 Å². The third-order valence-electron chi connectivity index (χ3n) is 6.03. The molecule has 0 spiro atoms. The van der Waals surface area contributed by atoms with Gasteiger partial charge in [0.15, 0.2) is 11.5 Å². The average molecular weight is 437 g/mol. The average Bonchev–Trinajstić information content (AvgIpc) is 3.40. The molecule has 0 radical (unpaired) electrons. The van der Waals surface area contributed by atoms with E-state index in [4.69, 9.17) is 10.5 Å². The van der Waals surface area contributed by atoms with Crippen LogP contribution < -0.4 is 15.4 Å². The minimum atomic E-state index is -0.325. The molecule has 2 aliphatic heterocycles. The van der Waals surface area contributed by atoms with Crippen molar-refractivity contribution in [1.29, 1.82) is 0 Å². The quantitative estimate of drug-likeness (QED) is 0.576. The molecule has 5 rings (SSSR count). The van der Waals surface area contributed by atoms with E-state index < -0.39 is 0 Å². The first-order chi connectivity index (χ1) is 15.4. The fraction of sp³-hybridized carbons (Fsp3) is 0.364. The summed E-state index contributed by atoms with van der Waals surface area (Å²) in [5, 5.41) is 12.8. The number of nitrogens with two attached hydrogens (primary N) is 1. The van der Waals surface area contributed by atoms with Crippen molar-refractivity contribution in [2.24, 2.45) is 7.05 Å². The maximum absolute atomic E-state index is 14.2. The number of aryl methyl sites for hydroxylation is 1. The summed E-state index contributed by atoms with van der Waals surface area (Å²) in [6, 6.07) is 6.27. The number of ether oxygens (including phenoxy) is 1. The lowest BCUT2D eigenvalue weighted by Gasteiger charge is -2.29. The van der Waals surface area contributed by atoms with Gasteiger partial charge >= 0.3 is 0 Å². The monoisotopic (exact) mass is 437 g/mol. The predicted octanol–water partition coefficient (Wildman–Crippen LogP) is 2.40. The molecular formula is C22H24FN7O2. The van der Waals surface area contributed by atoms with Crippen molar-refractivity contribution >= 4 is 17.4 Å². The van der Waals surface area contributed by atoms with Gasteiger partial charge in [-0.1, -0.05) is 0 Å². The summed E-state index contributed by atoms with van der Waals surface area (Å²) in [4.78, 5) is 16.8. The molecule has 4 heterocycles. The van der Waals surface area contributed by atoms with Gasteiger partial charge in [-0.15, -0.1) is 10.2 Å². The molecule has 9 nitrogen and oxygen atoms in total. The Balaban J connectivity index is 1.70. The molecule has 1 fully saturated rings. The van der Waals surface area contributed by atoms with Crippen molar-refractivity contribution in [3.8, 4) is 17.0 Å². The summed E-state index contributed by atoms with van der Waals surface area (Å²) in [5.74, 6) is 0.301. The van der Waals surface area contributed by atoms with Crippen LogP contribution in [0.2, 0.25) is 0 Å².